The number of para-hydroxylation sites is 1. The molecule has 2 rings (SSSR count). The van der Waals surface area contributed by atoms with Crippen LogP contribution in [-0.2, 0) is 0 Å². The van der Waals surface area contributed by atoms with Crippen LogP contribution in [-0.4, -0.2) is 39.3 Å². The highest BCUT2D eigenvalue weighted by atomic mass is 16.5. The van der Waals surface area contributed by atoms with Crippen LogP contribution in [0.15, 0.2) is 48.5 Å². The summed E-state index contributed by atoms with van der Waals surface area (Å²) in [4.78, 5) is 2.16. The van der Waals surface area contributed by atoms with Gasteiger partial charge in [0, 0.05) is 12.1 Å². The van der Waals surface area contributed by atoms with Gasteiger partial charge >= 0.3 is 0 Å². The predicted octanol–water partition coefficient (Wildman–Crippen LogP) is 4.20. The van der Waals surface area contributed by atoms with Gasteiger partial charge in [-0.2, -0.15) is 0 Å². The molecule has 0 spiro atoms. The van der Waals surface area contributed by atoms with Crippen LogP contribution < -0.4 is 9.47 Å². The average Bonchev–Trinajstić information content (AvgIpc) is 2.58. The summed E-state index contributed by atoms with van der Waals surface area (Å²) in [5, 5.41) is 0. The molecule has 0 aromatic heterocycles. The van der Waals surface area contributed by atoms with Gasteiger partial charge in [-0.3, -0.25) is 0 Å². The van der Waals surface area contributed by atoms with Crippen molar-refractivity contribution in [3.8, 4) is 11.5 Å². The topological polar surface area (TPSA) is 21.7 Å². The van der Waals surface area contributed by atoms with Gasteiger partial charge in [0.25, 0.3) is 0 Å². The summed E-state index contributed by atoms with van der Waals surface area (Å²) in [7, 11) is 5.83. The first-order valence-corrected chi connectivity index (χ1v) is 7.88. The lowest BCUT2D eigenvalue weighted by atomic mass is 10.1. The molecular formula is C20H25NO2. The summed E-state index contributed by atoms with van der Waals surface area (Å²) in [6.45, 7) is 1.79. The van der Waals surface area contributed by atoms with Gasteiger partial charge in [0.2, 0.25) is 0 Å². The molecule has 0 unspecified atom stereocenters. The third-order valence-electron chi connectivity index (χ3n) is 3.49. The van der Waals surface area contributed by atoms with Gasteiger partial charge in [0.05, 0.1) is 13.7 Å². The lowest BCUT2D eigenvalue weighted by Gasteiger charge is -2.10. The molecule has 23 heavy (non-hydrogen) atoms. The second-order valence-electron chi connectivity index (χ2n) is 5.65. The molecule has 0 aliphatic rings. The fourth-order valence-electron chi connectivity index (χ4n) is 2.24. The van der Waals surface area contributed by atoms with E-state index in [0.29, 0.717) is 0 Å². The molecule has 0 radical (unpaired) electrons. The van der Waals surface area contributed by atoms with E-state index in [1.54, 1.807) is 7.11 Å². The van der Waals surface area contributed by atoms with Crippen LogP contribution >= 0.6 is 0 Å². The van der Waals surface area contributed by atoms with E-state index >= 15 is 0 Å². The molecule has 0 aliphatic heterocycles. The Morgan fingerprint density at radius 3 is 2.39 bits per heavy atom. The fraction of sp³-hybridized carbons (Fsp3) is 0.300. The largest absolute Gasteiger partial charge is 0.496 e. The average molecular weight is 311 g/mol. The van der Waals surface area contributed by atoms with Crippen molar-refractivity contribution >= 4 is 12.2 Å². The minimum atomic E-state index is 0.745. The molecule has 0 heterocycles. The SMILES string of the molecule is COc1ccccc1/C=C/c1ccc(OCCCN(C)C)cc1. The first-order valence-electron chi connectivity index (χ1n) is 7.88. The number of rotatable bonds is 8. The lowest BCUT2D eigenvalue weighted by Crippen LogP contribution is -2.15. The molecule has 2 aromatic rings. The molecule has 3 nitrogen and oxygen atoms in total. The van der Waals surface area contributed by atoms with E-state index in [0.717, 1.165) is 42.2 Å². The Morgan fingerprint density at radius 1 is 0.957 bits per heavy atom. The van der Waals surface area contributed by atoms with Gasteiger partial charge in [-0.15, -0.1) is 0 Å². The Bertz CT molecular complexity index is 618. The number of hydrogen-bond donors (Lipinski definition) is 0. The van der Waals surface area contributed by atoms with Crippen molar-refractivity contribution in [1.29, 1.82) is 0 Å². The summed E-state index contributed by atoms with van der Waals surface area (Å²) < 4.78 is 11.1. The maximum atomic E-state index is 5.74. The van der Waals surface area contributed by atoms with E-state index in [2.05, 4.69) is 43.3 Å². The quantitative estimate of drug-likeness (QED) is 0.539. The Morgan fingerprint density at radius 2 is 1.70 bits per heavy atom. The number of benzene rings is 2. The Hall–Kier alpha value is -2.26. The van der Waals surface area contributed by atoms with Crippen molar-refractivity contribution in [1.82, 2.24) is 4.90 Å². The van der Waals surface area contributed by atoms with E-state index in [9.17, 15) is 0 Å². The number of nitrogens with zero attached hydrogens (tertiary/aromatic N) is 1. The van der Waals surface area contributed by atoms with Crippen molar-refractivity contribution in [3.05, 3.63) is 59.7 Å². The standard InChI is InChI=1S/C20H25NO2/c1-21(2)15-6-16-23-19-13-10-17(11-14-19)9-12-18-7-4-5-8-20(18)22-3/h4-5,7-14H,6,15-16H2,1-3H3/b12-9+. The predicted molar refractivity (Wildman–Crippen MR) is 97.0 cm³/mol. The van der Waals surface area contributed by atoms with Gasteiger partial charge < -0.3 is 14.4 Å². The van der Waals surface area contributed by atoms with Crippen LogP contribution in [0.5, 0.6) is 11.5 Å². The van der Waals surface area contributed by atoms with E-state index < -0.39 is 0 Å². The zero-order chi connectivity index (χ0) is 16.5. The maximum absolute atomic E-state index is 5.74. The number of hydrogen-bond acceptors (Lipinski definition) is 3. The molecule has 0 bridgehead atoms. The highest BCUT2D eigenvalue weighted by molar-refractivity contribution is 5.72. The van der Waals surface area contributed by atoms with Crippen LogP contribution in [0.4, 0.5) is 0 Å². The maximum Gasteiger partial charge on any atom is 0.126 e. The van der Waals surface area contributed by atoms with E-state index in [-0.39, 0.29) is 0 Å². The van der Waals surface area contributed by atoms with Gasteiger partial charge in [0.15, 0.2) is 0 Å². The molecule has 2 aromatic carbocycles. The molecule has 0 amide bonds. The summed E-state index contributed by atoms with van der Waals surface area (Å²) in [6.07, 6.45) is 5.17. The van der Waals surface area contributed by atoms with E-state index in [4.69, 9.17) is 9.47 Å². The third-order valence-corrected chi connectivity index (χ3v) is 3.49. The van der Waals surface area contributed by atoms with Gasteiger partial charge in [-0.1, -0.05) is 42.5 Å². The number of methoxy groups -OCH3 is 1. The third kappa shape index (κ3) is 5.80. The van der Waals surface area contributed by atoms with E-state index in [1.807, 2.05) is 36.4 Å². The van der Waals surface area contributed by atoms with Crippen LogP contribution in [0.25, 0.3) is 12.2 Å². The normalized spacial score (nSPS) is 11.1. The molecule has 0 fully saturated rings. The summed E-state index contributed by atoms with van der Waals surface area (Å²) in [5.41, 5.74) is 2.20. The molecule has 122 valence electrons. The van der Waals surface area contributed by atoms with Gasteiger partial charge in [0.1, 0.15) is 11.5 Å². The van der Waals surface area contributed by atoms with Crippen LogP contribution in [0.2, 0.25) is 0 Å². The minimum absolute atomic E-state index is 0.745. The highest BCUT2D eigenvalue weighted by Gasteiger charge is 1.98. The molecule has 3 heteroatoms. The Kier molecular flexibility index (Phi) is 6.70. The molecule has 0 saturated carbocycles. The first kappa shape index (κ1) is 17.1. The lowest BCUT2D eigenvalue weighted by molar-refractivity contribution is 0.281. The molecular weight excluding hydrogens is 286 g/mol. The van der Waals surface area contributed by atoms with Crippen molar-refractivity contribution in [2.75, 3.05) is 34.4 Å². The van der Waals surface area contributed by atoms with Crippen molar-refractivity contribution in [3.63, 3.8) is 0 Å². The molecule has 0 N–H and O–H groups in total. The molecule has 0 aliphatic carbocycles. The van der Waals surface area contributed by atoms with Crippen molar-refractivity contribution < 1.29 is 9.47 Å². The van der Waals surface area contributed by atoms with Crippen molar-refractivity contribution in [2.24, 2.45) is 0 Å². The monoisotopic (exact) mass is 311 g/mol. The smallest absolute Gasteiger partial charge is 0.126 e. The minimum Gasteiger partial charge on any atom is -0.496 e. The van der Waals surface area contributed by atoms with Gasteiger partial charge in [-0.05, 0) is 44.3 Å². The second-order valence-corrected chi connectivity index (χ2v) is 5.65. The summed E-state index contributed by atoms with van der Waals surface area (Å²) >= 11 is 0. The number of ether oxygens (including phenoxy) is 2. The van der Waals surface area contributed by atoms with Crippen LogP contribution in [0.1, 0.15) is 17.5 Å². The Balaban J connectivity index is 1.90. The van der Waals surface area contributed by atoms with Crippen LogP contribution in [0.3, 0.4) is 0 Å². The van der Waals surface area contributed by atoms with Crippen molar-refractivity contribution in [2.45, 2.75) is 6.42 Å². The zero-order valence-electron chi connectivity index (χ0n) is 14.2. The van der Waals surface area contributed by atoms with Gasteiger partial charge in [-0.25, -0.2) is 0 Å². The van der Waals surface area contributed by atoms with E-state index in [1.165, 1.54) is 0 Å². The molecule has 0 atom stereocenters. The van der Waals surface area contributed by atoms with Crippen LogP contribution in [0, 0.1) is 0 Å². The summed E-state index contributed by atoms with van der Waals surface area (Å²) in [6, 6.07) is 16.1. The first-order chi connectivity index (χ1) is 11.2. The zero-order valence-corrected chi connectivity index (χ0v) is 14.2. The second kappa shape index (κ2) is 9.01. The highest BCUT2D eigenvalue weighted by Crippen LogP contribution is 2.20. The fourth-order valence-corrected chi connectivity index (χ4v) is 2.24. The molecule has 0 saturated heterocycles. The summed E-state index contributed by atoms with van der Waals surface area (Å²) in [5.74, 6) is 1.79. The Labute approximate surface area is 139 Å².